The number of hydrogen-bond acceptors (Lipinski definition) is 2. The molecule has 2 atom stereocenters. The fourth-order valence-electron chi connectivity index (χ4n) is 2.37. The van der Waals surface area contributed by atoms with Crippen LogP contribution in [0.3, 0.4) is 0 Å². The van der Waals surface area contributed by atoms with E-state index in [-0.39, 0.29) is 11.5 Å². The van der Waals surface area contributed by atoms with Crippen LogP contribution in [0.5, 0.6) is 0 Å². The molecule has 2 unspecified atom stereocenters. The highest BCUT2D eigenvalue weighted by Crippen LogP contribution is 2.48. The first-order valence-corrected chi connectivity index (χ1v) is 6.80. The van der Waals surface area contributed by atoms with Crippen molar-refractivity contribution in [3.05, 3.63) is 35.9 Å². The number of hydrogen-bond donors (Lipinski definition) is 1. The minimum atomic E-state index is 0.0999. The Balaban J connectivity index is 1.76. The lowest BCUT2D eigenvalue weighted by Gasteiger charge is -2.20. The van der Waals surface area contributed by atoms with Gasteiger partial charge in [0.2, 0.25) is 0 Å². The molecule has 2 rings (SSSR count). The number of carbonyl (C=O) groups excluding carboxylic acids is 1. The summed E-state index contributed by atoms with van der Waals surface area (Å²) in [7, 11) is 0. The molecule has 1 aromatic carbocycles. The molecule has 1 N–H and O–H groups in total. The average molecular weight is 245 g/mol. The summed E-state index contributed by atoms with van der Waals surface area (Å²) in [6.07, 6.45) is 1.70. The second-order valence-electron chi connectivity index (χ2n) is 6.25. The van der Waals surface area contributed by atoms with E-state index < -0.39 is 0 Å². The summed E-state index contributed by atoms with van der Waals surface area (Å²) in [5, 5.41) is 3.37. The molecule has 98 valence electrons. The highest BCUT2D eigenvalue weighted by molar-refractivity contribution is 5.85. The fraction of sp³-hybridized carbons (Fsp3) is 0.562. The lowest BCUT2D eigenvalue weighted by Crippen LogP contribution is -2.37. The normalized spacial score (nSPS) is 22.8. The summed E-state index contributed by atoms with van der Waals surface area (Å²) in [6, 6.07) is 10.4. The zero-order chi connectivity index (χ0) is 13.2. The van der Waals surface area contributed by atoms with Crippen LogP contribution in [0, 0.1) is 5.92 Å². The summed E-state index contributed by atoms with van der Waals surface area (Å²) in [4.78, 5) is 12.0. The van der Waals surface area contributed by atoms with Gasteiger partial charge in [-0.1, -0.05) is 30.3 Å². The molecular weight excluding hydrogens is 222 g/mol. The van der Waals surface area contributed by atoms with E-state index in [4.69, 9.17) is 0 Å². The van der Waals surface area contributed by atoms with Crippen molar-refractivity contribution in [3.63, 3.8) is 0 Å². The molecule has 2 heteroatoms. The van der Waals surface area contributed by atoms with Crippen molar-refractivity contribution in [1.29, 1.82) is 0 Å². The van der Waals surface area contributed by atoms with Crippen LogP contribution >= 0.6 is 0 Å². The van der Waals surface area contributed by atoms with Gasteiger partial charge in [0.25, 0.3) is 0 Å². The Morgan fingerprint density at radius 2 is 1.94 bits per heavy atom. The van der Waals surface area contributed by atoms with Crippen LogP contribution in [0.1, 0.15) is 45.1 Å². The molecule has 18 heavy (non-hydrogen) atoms. The van der Waals surface area contributed by atoms with Crippen molar-refractivity contribution in [2.75, 3.05) is 6.54 Å². The number of Topliss-reactive ketones (excluding diaryl/α,β-unsaturated/α-hetero) is 1. The van der Waals surface area contributed by atoms with Gasteiger partial charge in [-0.25, -0.2) is 0 Å². The standard InChI is InChI=1S/C16H23NO/c1-16(2,3)17-10-9-15(18)14-11-13(14)12-7-5-4-6-8-12/h4-8,13-14,17H,9-11H2,1-3H3. The van der Waals surface area contributed by atoms with E-state index in [2.05, 4.69) is 50.4 Å². The van der Waals surface area contributed by atoms with Gasteiger partial charge in [-0.15, -0.1) is 0 Å². The summed E-state index contributed by atoms with van der Waals surface area (Å²) >= 11 is 0. The first-order chi connectivity index (χ1) is 8.47. The molecule has 1 fully saturated rings. The van der Waals surface area contributed by atoms with Crippen LogP contribution in [0.15, 0.2) is 30.3 Å². The molecular formula is C16H23NO. The predicted octanol–water partition coefficient (Wildman–Crippen LogP) is 3.14. The maximum atomic E-state index is 12.0. The maximum absolute atomic E-state index is 12.0. The number of ketones is 1. The molecule has 1 aromatic rings. The van der Waals surface area contributed by atoms with E-state index >= 15 is 0 Å². The minimum Gasteiger partial charge on any atom is -0.312 e. The second-order valence-corrected chi connectivity index (χ2v) is 6.25. The monoisotopic (exact) mass is 245 g/mol. The lowest BCUT2D eigenvalue weighted by atomic mass is 10.1. The first kappa shape index (κ1) is 13.3. The number of rotatable bonds is 5. The first-order valence-electron chi connectivity index (χ1n) is 6.80. The van der Waals surface area contributed by atoms with Crippen molar-refractivity contribution in [2.24, 2.45) is 5.92 Å². The number of nitrogens with one attached hydrogen (secondary N) is 1. The van der Waals surface area contributed by atoms with Crippen molar-refractivity contribution in [3.8, 4) is 0 Å². The van der Waals surface area contributed by atoms with Gasteiger partial charge in [0.05, 0.1) is 0 Å². The molecule has 1 aliphatic carbocycles. The Morgan fingerprint density at radius 1 is 1.28 bits per heavy atom. The molecule has 1 saturated carbocycles. The van der Waals surface area contributed by atoms with Crippen molar-refractivity contribution in [2.45, 2.75) is 45.1 Å². The molecule has 0 bridgehead atoms. The lowest BCUT2D eigenvalue weighted by molar-refractivity contribution is -0.120. The quantitative estimate of drug-likeness (QED) is 0.863. The number of carbonyl (C=O) groups is 1. The van der Waals surface area contributed by atoms with Gasteiger partial charge in [0.15, 0.2) is 0 Å². The van der Waals surface area contributed by atoms with Crippen LogP contribution in [0.4, 0.5) is 0 Å². The zero-order valence-electron chi connectivity index (χ0n) is 11.6. The smallest absolute Gasteiger partial charge is 0.137 e. The molecule has 2 nitrogen and oxygen atoms in total. The van der Waals surface area contributed by atoms with E-state index in [9.17, 15) is 4.79 Å². The Kier molecular flexibility index (Phi) is 3.86. The Morgan fingerprint density at radius 3 is 2.56 bits per heavy atom. The van der Waals surface area contributed by atoms with Crippen molar-refractivity contribution < 1.29 is 4.79 Å². The Hall–Kier alpha value is -1.15. The van der Waals surface area contributed by atoms with E-state index in [1.165, 1.54) is 5.56 Å². The third kappa shape index (κ3) is 3.67. The predicted molar refractivity (Wildman–Crippen MR) is 74.7 cm³/mol. The average Bonchev–Trinajstić information content (AvgIpc) is 3.08. The van der Waals surface area contributed by atoms with E-state index in [0.29, 0.717) is 18.1 Å². The van der Waals surface area contributed by atoms with Crippen molar-refractivity contribution in [1.82, 2.24) is 5.32 Å². The van der Waals surface area contributed by atoms with E-state index in [1.807, 2.05) is 6.07 Å². The second kappa shape index (κ2) is 5.23. The van der Waals surface area contributed by atoms with Crippen LogP contribution in [-0.2, 0) is 4.79 Å². The van der Waals surface area contributed by atoms with Gasteiger partial charge in [-0.05, 0) is 38.7 Å². The summed E-state index contributed by atoms with van der Waals surface area (Å²) < 4.78 is 0. The molecule has 0 aromatic heterocycles. The van der Waals surface area contributed by atoms with Gasteiger partial charge < -0.3 is 5.32 Å². The van der Waals surface area contributed by atoms with Crippen LogP contribution in [0.2, 0.25) is 0 Å². The zero-order valence-corrected chi connectivity index (χ0v) is 11.6. The molecule has 1 aliphatic rings. The molecule has 0 heterocycles. The van der Waals surface area contributed by atoms with Gasteiger partial charge in [0.1, 0.15) is 5.78 Å². The molecule has 0 radical (unpaired) electrons. The third-order valence-electron chi connectivity index (χ3n) is 3.46. The van der Waals surface area contributed by atoms with Crippen molar-refractivity contribution >= 4 is 5.78 Å². The molecule has 0 spiro atoms. The van der Waals surface area contributed by atoms with E-state index in [1.54, 1.807) is 0 Å². The topological polar surface area (TPSA) is 29.1 Å². The molecule has 0 aliphatic heterocycles. The molecule has 0 saturated heterocycles. The van der Waals surface area contributed by atoms with Crippen LogP contribution in [0.25, 0.3) is 0 Å². The van der Waals surface area contributed by atoms with Gasteiger partial charge >= 0.3 is 0 Å². The number of benzene rings is 1. The Labute approximate surface area is 110 Å². The van der Waals surface area contributed by atoms with Gasteiger partial charge in [0, 0.05) is 24.4 Å². The minimum absolute atomic E-state index is 0.0999. The summed E-state index contributed by atoms with van der Waals surface area (Å²) in [5.41, 5.74) is 1.42. The van der Waals surface area contributed by atoms with Crippen LogP contribution < -0.4 is 5.32 Å². The highest BCUT2D eigenvalue weighted by Gasteiger charge is 2.42. The van der Waals surface area contributed by atoms with Gasteiger partial charge in [-0.2, -0.15) is 0 Å². The SMILES string of the molecule is CC(C)(C)NCCC(=O)C1CC1c1ccccc1. The summed E-state index contributed by atoms with van der Waals surface area (Å²) in [6.45, 7) is 7.17. The molecule has 0 amide bonds. The Bertz CT molecular complexity index is 405. The van der Waals surface area contributed by atoms with Crippen LogP contribution in [-0.4, -0.2) is 17.9 Å². The van der Waals surface area contributed by atoms with E-state index in [0.717, 1.165) is 13.0 Å². The summed E-state index contributed by atoms with van der Waals surface area (Å²) in [5.74, 6) is 1.17. The van der Waals surface area contributed by atoms with Gasteiger partial charge in [-0.3, -0.25) is 4.79 Å². The highest BCUT2D eigenvalue weighted by atomic mass is 16.1. The maximum Gasteiger partial charge on any atom is 0.137 e. The largest absolute Gasteiger partial charge is 0.312 e. The fourth-order valence-corrected chi connectivity index (χ4v) is 2.37. The third-order valence-corrected chi connectivity index (χ3v) is 3.46.